The number of pyridine rings is 2. The normalized spacial score (nSPS) is 12.4. The number of Topliss-reactive ketones (excluding diaryl/α,β-unsaturated/α-hetero) is 1. The van der Waals surface area contributed by atoms with E-state index in [0.29, 0.717) is 16.8 Å². The Morgan fingerprint density at radius 1 is 1.00 bits per heavy atom. The molecule has 0 aliphatic carbocycles. The highest BCUT2D eigenvalue weighted by Crippen LogP contribution is 2.34. The number of anilines is 1. The van der Waals surface area contributed by atoms with E-state index in [1.807, 2.05) is 0 Å². The molecular weight excluding hydrogens is 438 g/mol. The molecule has 2 aromatic carbocycles. The number of halogens is 4. The summed E-state index contributed by atoms with van der Waals surface area (Å²) in [6, 6.07) is 14.0. The zero-order chi connectivity index (χ0) is 23.6. The number of aromatic nitrogens is 2. The van der Waals surface area contributed by atoms with Gasteiger partial charge in [-0.25, -0.2) is 14.4 Å². The Hall–Kier alpha value is -4.01. The highest BCUT2D eigenvalue weighted by Gasteiger charge is 2.39. The Bertz CT molecular complexity index is 1300. The second-order valence-electron chi connectivity index (χ2n) is 7.25. The van der Waals surface area contributed by atoms with Crippen LogP contribution < -0.4 is 10.1 Å². The van der Waals surface area contributed by atoms with Gasteiger partial charge in [0.25, 0.3) is 5.78 Å². The zero-order valence-corrected chi connectivity index (χ0v) is 17.2. The number of nitrogens with one attached hydrogen (secondary N) is 1. The van der Waals surface area contributed by atoms with E-state index < -0.39 is 23.3 Å². The molecule has 1 N–H and O–H groups in total. The fraction of sp³-hybridized carbons (Fsp3) is 0.125. The number of hydrogen-bond acceptors (Lipinski definition) is 5. The minimum Gasteiger partial charge on any atom is -0.438 e. The van der Waals surface area contributed by atoms with E-state index in [9.17, 15) is 22.4 Å². The van der Waals surface area contributed by atoms with Gasteiger partial charge in [0.15, 0.2) is 0 Å². The number of alkyl halides is 3. The Kier molecular flexibility index (Phi) is 5.95. The van der Waals surface area contributed by atoms with Gasteiger partial charge in [-0.2, -0.15) is 13.2 Å². The third kappa shape index (κ3) is 4.92. The van der Waals surface area contributed by atoms with Gasteiger partial charge in [-0.1, -0.05) is 30.3 Å². The lowest BCUT2D eigenvalue weighted by atomic mass is 10.0. The molecule has 0 spiro atoms. The van der Waals surface area contributed by atoms with E-state index in [1.54, 1.807) is 37.5 Å². The Balaban J connectivity index is 1.63. The van der Waals surface area contributed by atoms with Gasteiger partial charge in [0.2, 0.25) is 5.88 Å². The van der Waals surface area contributed by atoms with Gasteiger partial charge in [0.05, 0.1) is 5.39 Å². The Morgan fingerprint density at radius 3 is 2.36 bits per heavy atom. The summed E-state index contributed by atoms with van der Waals surface area (Å²) in [6.45, 7) is 1.80. The number of hydrogen-bond donors (Lipinski definition) is 1. The highest BCUT2D eigenvalue weighted by atomic mass is 19.4. The van der Waals surface area contributed by atoms with Crippen molar-refractivity contribution in [1.82, 2.24) is 9.97 Å². The third-order valence-corrected chi connectivity index (χ3v) is 4.94. The van der Waals surface area contributed by atoms with Crippen molar-refractivity contribution in [2.24, 2.45) is 0 Å². The van der Waals surface area contributed by atoms with Crippen LogP contribution in [-0.4, -0.2) is 21.9 Å². The average molecular weight is 455 g/mol. The van der Waals surface area contributed by atoms with Crippen LogP contribution in [-0.2, 0) is 0 Å². The fourth-order valence-electron chi connectivity index (χ4n) is 3.29. The lowest BCUT2D eigenvalue weighted by molar-refractivity contribution is -0.0885. The predicted molar refractivity (Wildman–Crippen MR) is 115 cm³/mol. The first kappa shape index (κ1) is 22.2. The number of ether oxygens (including phenoxy) is 1. The lowest BCUT2D eigenvalue weighted by Gasteiger charge is -2.18. The number of fused-ring (bicyclic) bond motifs is 1. The van der Waals surface area contributed by atoms with Gasteiger partial charge in [0, 0.05) is 30.1 Å². The minimum atomic E-state index is -4.93. The van der Waals surface area contributed by atoms with Crippen molar-refractivity contribution >= 4 is 22.4 Å². The molecule has 0 saturated heterocycles. The molecule has 4 rings (SSSR count). The van der Waals surface area contributed by atoms with E-state index in [0.717, 1.165) is 17.5 Å². The largest absolute Gasteiger partial charge is 0.454 e. The van der Waals surface area contributed by atoms with Crippen molar-refractivity contribution in [3.8, 4) is 11.6 Å². The molecule has 0 unspecified atom stereocenters. The number of nitrogens with zero attached hydrogens (tertiary/aromatic N) is 2. The van der Waals surface area contributed by atoms with E-state index >= 15 is 0 Å². The molecule has 168 valence electrons. The van der Waals surface area contributed by atoms with Crippen molar-refractivity contribution in [1.29, 1.82) is 0 Å². The van der Waals surface area contributed by atoms with Gasteiger partial charge < -0.3 is 10.1 Å². The molecule has 0 aliphatic heterocycles. The van der Waals surface area contributed by atoms with Gasteiger partial charge in [-0.3, -0.25) is 4.79 Å². The van der Waals surface area contributed by atoms with Crippen molar-refractivity contribution in [2.45, 2.75) is 19.1 Å². The molecule has 0 radical (unpaired) electrons. The van der Waals surface area contributed by atoms with E-state index in [2.05, 4.69) is 15.3 Å². The summed E-state index contributed by atoms with van der Waals surface area (Å²) in [4.78, 5) is 20.0. The van der Waals surface area contributed by atoms with Crippen molar-refractivity contribution < 1.29 is 27.1 Å². The second kappa shape index (κ2) is 8.85. The lowest BCUT2D eigenvalue weighted by Crippen LogP contribution is -2.22. The molecule has 0 bridgehead atoms. The Labute approximate surface area is 186 Å². The van der Waals surface area contributed by atoms with Crippen LogP contribution in [0.3, 0.4) is 0 Å². The molecule has 0 aliphatic rings. The second-order valence-corrected chi connectivity index (χ2v) is 7.25. The zero-order valence-electron chi connectivity index (χ0n) is 17.2. The standard InChI is InChI=1S/C24H17F4N3O2/c1-14(15-5-7-17(8-6-15)21(32)24(26,27)28)31-22-20-16(9-11-29-22)10-12-30-23(20)33-19-4-2-3-18(25)13-19/h2-14H,1H3,(H,29,31)/t14-/m0/s1. The van der Waals surface area contributed by atoms with Crippen LogP contribution >= 0.6 is 0 Å². The molecule has 2 aromatic heterocycles. The van der Waals surface area contributed by atoms with Gasteiger partial charge >= 0.3 is 6.18 Å². The summed E-state index contributed by atoms with van der Waals surface area (Å²) in [6.07, 6.45) is -1.78. The summed E-state index contributed by atoms with van der Waals surface area (Å²) in [7, 11) is 0. The summed E-state index contributed by atoms with van der Waals surface area (Å²) < 4.78 is 57.3. The topological polar surface area (TPSA) is 64.1 Å². The summed E-state index contributed by atoms with van der Waals surface area (Å²) in [5.41, 5.74) is 0.209. The molecule has 9 heteroatoms. The van der Waals surface area contributed by atoms with Crippen LogP contribution in [0, 0.1) is 5.82 Å². The summed E-state index contributed by atoms with van der Waals surface area (Å²) in [5, 5.41) is 4.53. The molecule has 0 fully saturated rings. The molecular formula is C24H17F4N3O2. The van der Waals surface area contributed by atoms with Crippen molar-refractivity contribution in [3.63, 3.8) is 0 Å². The van der Waals surface area contributed by atoms with Crippen LogP contribution in [0.1, 0.15) is 28.9 Å². The first-order valence-corrected chi connectivity index (χ1v) is 9.87. The molecule has 0 saturated carbocycles. The summed E-state index contributed by atoms with van der Waals surface area (Å²) >= 11 is 0. The smallest absolute Gasteiger partial charge is 0.438 e. The number of rotatable bonds is 6. The maximum absolute atomic E-state index is 13.6. The SMILES string of the molecule is C[C@H](Nc1nccc2ccnc(Oc3cccc(F)c3)c12)c1ccc(C(=O)C(F)(F)F)cc1. The van der Waals surface area contributed by atoms with Crippen LogP contribution in [0.2, 0.25) is 0 Å². The van der Waals surface area contributed by atoms with Gasteiger partial charge in [-0.15, -0.1) is 0 Å². The quantitative estimate of drug-likeness (QED) is 0.266. The van der Waals surface area contributed by atoms with Crippen molar-refractivity contribution in [3.05, 3.63) is 90.0 Å². The molecule has 0 amide bonds. The number of benzene rings is 2. The molecule has 2 heterocycles. The maximum atomic E-state index is 13.6. The predicted octanol–water partition coefficient (Wildman–Crippen LogP) is 6.48. The van der Waals surface area contributed by atoms with Gasteiger partial charge in [0.1, 0.15) is 17.4 Å². The number of ketones is 1. The van der Waals surface area contributed by atoms with Crippen LogP contribution in [0.15, 0.2) is 73.1 Å². The number of carbonyl (C=O) groups excluding carboxylic acids is 1. The summed E-state index contributed by atoms with van der Waals surface area (Å²) in [5.74, 6) is -1.44. The molecule has 5 nitrogen and oxygen atoms in total. The van der Waals surface area contributed by atoms with E-state index in [-0.39, 0.29) is 17.7 Å². The van der Waals surface area contributed by atoms with Crippen LogP contribution in [0.25, 0.3) is 10.8 Å². The fourth-order valence-corrected chi connectivity index (χ4v) is 3.29. The van der Waals surface area contributed by atoms with Crippen LogP contribution in [0.4, 0.5) is 23.4 Å². The maximum Gasteiger partial charge on any atom is 0.454 e. The monoisotopic (exact) mass is 455 g/mol. The first-order chi connectivity index (χ1) is 15.7. The van der Waals surface area contributed by atoms with Gasteiger partial charge in [-0.05, 0) is 42.1 Å². The third-order valence-electron chi connectivity index (χ3n) is 4.94. The molecule has 4 aromatic rings. The average Bonchev–Trinajstić information content (AvgIpc) is 2.78. The first-order valence-electron chi connectivity index (χ1n) is 9.87. The highest BCUT2D eigenvalue weighted by molar-refractivity contribution is 6.00. The molecule has 33 heavy (non-hydrogen) atoms. The number of carbonyl (C=O) groups is 1. The minimum absolute atomic E-state index is 0.215. The van der Waals surface area contributed by atoms with E-state index in [4.69, 9.17) is 4.74 Å². The van der Waals surface area contributed by atoms with Crippen molar-refractivity contribution in [2.75, 3.05) is 5.32 Å². The van der Waals surface area contributed by atoms with E-state index in [1.165, 1.54) is 30.3 Å². The molecule has 1 atom stereocenters. The van der Waals surface area contributed by atoms with Crippen LogP contribution in [0.5, 0.6) is 11.6 Å². The Morgan fingerprint density at radius 2 is 1.70 bits per heavy atom.